The molecule has 2 rings (SSSR count). The summed E-state index contributed by atoms with van der Waals surface area (Å²) in [7, 11) is 1.36. The van der Waals surface area contributed by atoms with Crippen LogP contribution in [0.3, 0.4) is 0 Å². The first kappa shape index (κ1) is 21.7. The summed E-state index contributed by atoms with van der Waals surface area (Å²) in [5, 5.41) is 8.54. The van der Waals surface area contributed by atoms with Crippen molar-refractivity contribution in [3.63, 3.8) is 0 Å². The number of esters is 1. The van der Waals surface area contributed by atoms with Crippen molar-refractivity contribution in [2.45, 2.75) is 19.4 Å². The number of carbonyl (C=O) groups is 2. The SMILES string of the molecule is COC(=O)CCCN(Cc1ccccc1)C(=O)C=Cc1ccc(OCC#N)cc1. The number of nitriles is 1. The van der Waals surface area contributed by atoms with Crippen LogP contribution < -0.4 is 4.74 Å². The zero-order valence-corrected chi connectivity index (χ0v) is 16.4. The molecule has 0 bridgehead atoms. The highest BCUT2D eigenvalue weighted by Gasteiger charge is 2.12. The molecule has 0 fully saturated rings. The van der Waals surface area contributed by atoms with Crippen LogP contribution in [0.15, 0.2) is 60.7 Å². The molecule has 0 aliphatic rings. The molecule has 0 aliphatic carbocycles. The van der Waals surface area contributed by atoms with Crippen molar-refractivity contribution in [2.24, 2.45) is 0 Å². The first-order chi connectivity index (χ1) is 14.1. The van der Waals surface area contributed by atoms with Crippen LogP contribution >= 0.6 is 0 Å². The standard InChI is InChI=1S/C23H24N2O4/c1-28-23(27)8-5-16-25(18-20-6-3-2-4-7-20)22(26)14-11-19-9-12-21(13-10-19)29-17-15-24/h2-4,6-7,9-14H,5,8,16-18H2,1H3. The van der Waals surface area contributed by atoms with Crippen molar-refractivity contribution in [3.05, 3.63) is 71.8 Å². The normalized spacial score (nSPS) is 10.3. The fraction of sp³-hybridized carbons (Fsp3) is 0.261. The van der Waals surface area contributed by atoms with Gasteiger partial charge >= 0.3 is 5.97 Å². The highest BCUT2D eigenvalue weighted by atomic mass is 16.5. The van der Waals surface area contributed by atoms with Crippen LogP contribution in [0.1, 0.15) is 24.0 Å². The Morgan fingerprint density at radius 2 is 1.83 bits per heavy atom. The highest BCUT2D eigenvalue weighted by Crippen LogP contribution is 2.14. The number of hydrogen-bond donors (Lipinski definition) is 0. The van der Waals surface area contributed by atoms with Gasteiger partial charge in [-0.1, -0.05) is 42.5 Å². The van der Waals surface area contributed by atoms with Gasteiger partial charge in [-0.3, -0.25) is 9.59 Å². The van der Waals surface area contributed by atoms with E-state index in [2.05, 4.69) is 4.74 Å². The molecule has 0 spiro atoms. The van der Waals surface area contributed by atoms with Crippen molar-refractivity contribution in [1.29, 1.82) is 5.26 Å². The molecule has 0 aromatic heterocycles. The van der Waals surface area contributed by atoms with Gasteiger partial charge in [0.05, 0.1) is 7.11 Å². The summed E-state index contributed by atoms with van der Waals surface area (Å²) in [6.07, 6.45) is 4.05. The van der Waals surface area contributed by atoms with E-state index in [1.165, 1.54) is 13.2 Å². The lowest BCUT2D eigenvalue weighted by Crippen LogP contribution is -2.30. The second kappa shape index (κ2) is 12.0. The number of amides is 1. The van der Waals surface area contributed by atoms with E-state index in [4.69, 9.17) is 10.00 Å². The molecule has 29 heavy (non-hydrogen) atoms. The molecule has 0 atom stereocenters. The Kier molecular flexibility index (Phi) is 8.97. The Morgan fingerprint density at radius 3 is 2.48 bits per heavy atom. The van der Waals surface area contributed by atoms with Crippen molar-refractivity contribution in [2.75, 3.05) is 20.3 Å². The monoisotopic (exact) mass is 392 g/mol. The molecule has 2 aromatic rings. The van der Waals surface area contributed by atoms with Crippen LogP contribution in [-0.2, 0) is 20.9 Å². The predicted molar refractivity (Wildman–Crippen MR) is 110 cm³/mol. The van der Waals surface area contributed by atoms with Crippen LogP contribution in [0.25, 0.3) is 6.08 Å². The third-order valence-electron chi connectivity index (χ3n) is 4.17. The fourth-order valence-electron chi connectivity index (χ4n) is 2.65. The molecule has 0 radical (unpaired) electrons. The van der Waals surface area contributed by atoms with Crippen LogP contribution in [-0.4, -0.2) is 37.0 Å². The zero-order chi connectivity index (χ0) is 20.9. The Labute approximate surface area is 171 Å². The van der Waals surface area contributed by atoms with Crippen molar-refractivity contribution in [1.82, 2.24) is 4.90 Å². The minimum absolute atomic E-state index is 0.00626. The lowest BCUT2D eigenvalue weighted by molar-refractivity contribution is -0.141. The molecule has 0 unspecified atom stereocenters. The molecular weight excluding hydrogens is 368 g/mol. The molecule has 2 aromatic carbocycles. The lowest BCUT2D eigenvalue weighted by Gasteiger charge is -2.21. The molecule has 0 saturated heterocycles. The van der Waals surface area contributed by atoms with E-state index in [0.29, 0.717) is 25.3 Å². The van der Waals surface area contributed by atoms with Gasteiger partial charge in [0.2, 0.25) is 5.91 Å². The minimum Gasteiger partial charge on any atom is -0.479 e. The average Bonchev–Trinajstić information content (AvgIpc) is 2.76. The Balaban J connectivity index is 2.01. The van der Waals surface area contributed by atoms with Crippen molar-refractivity contribution < 1.29 is 19.1 Å². The maximum Gasteiger partial charge on any atom is 0.305 e. The van der Waals surface area contributed by atoms with Crippen LogP contribution in [0, 0.1) is 11.3 Å². The second-order valence-corrected chi connectivity index (χ2v) is 6.27. The third kappa shape index (κ3) is 7.89. The van der Waals surface area contributed by atoms with Gasteiger partial charge in [0.1, 0.15) is 11.8 Å². The van der Waals surface area contributed by atoms with Crippen LogP contribution in [0.2, 0.25) is 0 Å². The highest BCUT2D eigenvalue weighted by molar-refractivity contribution is 5.91. The second-order valence-electron chi connectivity index (χ2n) is 6.27. The Bertz CT molecular complexity index is 855. The summed E-state index contributed by atoms with van der Waals surface area (Å²) in [6.45, 7) is 0.911. The first-order valence-electron chi connectivity index (χ1n) is 9.30. The lowest BCUT2D eigenvalue weighted by atomic mass is 10.1. The number of carbonyl (C=O) groups excluding carboxylic acids is 2. The van der Waals surface area contributed by atoms with Crippen molar-refractivity contribution in [3.8, 4) is 11.8 Å². The van der Waals surface area contributed by atoms with Gasteiger partial charge < -0.3 is 14.4 Å². The number of nitrogens with zero attached hydrogens (tertiary/aromatic N) is 2. The molecule has 150 valence electrons. The summed E-state index contributed by atoms with van der Waals surface area (Å²) < 4.78 is 9.88. The van der Waals surface area contributed by atoms with Crippen LogP contribution in [0.4, 0.5) is 0 Å². The molecule has 6 nitrogen and oxygen atoms in total. The van der Waals surface area contributed by atoms with Crippen LogP contribution in [0.5, 0.6) is 5.75 Å². The zero-order valence-electron chi connectivity index (χ0n) is 16.4. The van der Waals surface area contributed by atoms with Gasteiger partial charge in [-0.15, -0.1) is 0 Å². The number of ether oxygens (including phenoxy) is 2. The molecule has 0 aliphatic heterocycles. The molecule has 0 saturated carbocycles. The maximum absolute atomic E-state index is 12.7. The molecule has 6 heteroatoms. The predicted octanol–water partition coefficient (Wildman–Crippen LogP) is 3.58. The fourth-order valence-corrected chi connectivity index (χ4v) is 2.65. The van der Waals surface area contributed by atoms with Gasteiger partial charge in [-0.2, -0.15) is 5.26 Å². The van der Waals surface area contributed by atoms with E-state index in [0.717, 1.165) is 11.1 Å². The molecule has 0 N–H and O–H groups in total. The molecule has 0 heterocycles. The van der Waals surface area contributed by atoms with E-state index < -0.39 is 0 Å². The van der Waals surface area contributed by atoms with Gasteiger partial charge in [-0.05, 0) is 35.8 Å². The number of rotatable bonds is 10. The smallest absolute Gasteiger partial charge is 0.305 e. The summed E-state index contributed by atoms with van der Waals surface area (Å²) in [6, 6.07) is 18.8. The van der Waals surface area contributed by atoms with Crippen molar-refractivity contribution >= 4 is 18.0 Å². The van der Waals surface area contributed by atoms with E-state index in [-0.39, 0.29) is 24.9 Å². The Hall–Kier alpha value is -3.59. The third-order valence-corrected chi connectivity index (χ3v) is 4.17. The number of benzene rings is 2. The summed E-state index contributed by atoms with van der Waals surface area (Å²) in [5.41, 5.74) is 1.86. The number of hydrogen-bond acceptors (Lipinski definition) is 5. The molecular formula is C23H24N2O4. The largest absolute Gasteiger partial charge is 0.479 e. The molecule has 1 amide bonds. The van der Waals surface area contributed by atoms with Gasteiger partial charge in [0.25, 0.3) is 0 Å². The van der Waals surface area contributed by atoms with E-state index in [9.17, 15) is 9.59 Å². The average molecular weight is 392 g/mol. The first-order valence-corrected chi connectivity index (χ1v) is 9.30. The van der Waals surface area contributed by atoms with Gasteiger partial charge in [0.15, 0.2) is 6.61 Å². The topological polar surface area (TPSA) is 79.6 Å². The summed E-state index contributed by atoms with van der Waals surface area (Å²) in [5.74, 6) is 0.179. The van der Waals surface area contributed by atoms with E-state index in [1.807, 2.05) is 48.5 Å². The Morgan fingerprint density at radius 1 is 1.10 bits per heavy atom. The minimum atomic E-state index is -0.286. The van der Waals surface area contributed by atoms with Gasteiger partial charge in [-0.25, -0.2) is 0 Å². The summed E-state index contributed by atoms with van der Waals surface area (Å²) >= 11 is 0. The van der Waals surface area contributed by atoms with E-state index >= 15 is 0 Å². The van der Waals surface area contributed by atoms with E-state index in [1.54, 1.807) is 23.1 Å². The maximum atomic E-state index is 12.7. The quantitative estimate of drug-likeness (QED) is 0.456. The van der Waals surface area contributed by atoms with Gasteiger partial charge in [0, 0.05) is 25.6 Å². The summed E-state index contributed by atoms with van der Waals surface area (Å²) in [4.78, 5) is 25.8. The number of methoxy groups -OCH3 is 1.